The Morgan fingerprint density at radius 2 is 2.04 bits per heavy atom. The average molecular weight is 332 g/mol. The minimum Gasteiger partial charge on any atom is -0.462 e. The zero-order valence-electron chi connectivity index (χ0n) is 13.2. The average Bonchev–Trinajstić information content (AvgIpc) is 2.97. The molecule has 0 fully saturated rings. The number of hydrogen-bond donors (Lipinski definition) is 2. The molecule has 1 aromatic heterocycles. The highest BCUT2D eigenvalue weighted by molar-refractivity contribution is 7.80. The molecule has 23 heavy (non-hydrogen) atoms. The molecular weight excluding hydrogens is 312 g/mol. The smallest absolute Gasteiger partial charge is 0.343 e. The summed E-state index contributed by atoms with van der Waals surface area (Å²) in [5, 5.41) is 10.9. The van der Waals surface area contributed by atoms with Gasteiger partial charge in [-0.25, -0.2) is 9.48 Å². The van der Waals surface area contributed by atoms with E-state index in [4.69, 9.17) is 17.0 Å². The Morgan fingerprint density at radius 1 is 1.30 bits per heavy atom. The third-order valence-electron chi connectivity index (χ3n) is 3.03. The molecule has 2 N–H and O–H groups in total. The molecule has 0 aliphatic carbocycles. The Kier molecular flexibility index (Phi) is 6.10. The maximum atomic E-state index is 12.1. The number of nitrogens with zero attached hydrogens (tertiary/aromatic N) is 2. The number of aromatic nitrogens is 2. The molecule has 0 amide bonds. The van der Waals surface area contributed by atoms with Crippen LogP contribution in [0.4, 0.5) is 5.82 Å². The van der Waals surface area contributed by atoms with E-state index in [1.165, 1.54) is 6.20 Å². The number of carbonyl (C=O) groups excluding carboxylic acids is 1. The van der Waals surface area contributed by atoms with Crippen LogP contribution in [0.15, 0.2) is 36.5 Å². The van der Waals surface area contributed by atoms with Crippen molar-refractivity contribution in [2.45, 2.75) is 20.3 Å². The third-order valence-corrected chi connectivity index (χ3v) is 3.28. The number of anilines is 1. The minimum absolute atomic E-state index is 0.299. The molecule has 0 aliphatic heterocycles. The summed E-state index contributed by atoms with van der Waals surface area (Å²) in [6, 6.07) is 9.52. The lowest BCUT2D eigenvalue weighted by atomic mass is 10.3. The van der Waals surface area contributed by atoms with E-state index >= 15 is 0 Å². The minimum atomic E-state index is -0.435. The first-order valence-electron chi connectivity index (χ1n) is 7.52. The summed E-state index contributed by atoms with van der Waals surface area (Å²) in [5.74, 6) is 0.0544. The number of esters is 1. The molecule has 0 radical (unpaired) electrons. The summed E-state index contributed by atoms with van der Waals surface area (Å²) in [5.41, 5.74) is 1.17. The van der Waals surface area contributed by atoms with E-state index in [9.17, 15) is 4.79 Å². The molecule has 0 spiro atoms. The summed E-state index contributed by atoms with van der Waals surface area (Å²) in [7, 11) is 0. The highest BCUT2D eigenvalue weighted by Gasteiger charge is 2.20. The van der Waals surface area contributed by atoms with Crippen molar-refractivity contribution < 1.29 is 9.53 Å². The maximum Gasteiger partial charge on any atom is 0.343 e. The summed E-state index contributed by atoms with van der Waals surface area (Å²) in [6.07, 6.45) is 2.43. The molecule has 2 aromatic rings. The predicted molar refractivity (Wildman–Crippen MR) is 94.0 cm³/mol. The second-order valence-corrected chi connectivity index (χ2v) is 5.16. The summed E-state index contributed by atoms with van der Waals surface area (Å²) >= 11 is 5.27. The molecule has 0 bridgehead atoms. The van der Waals surface area contributed by atoms with E-state index in [1.54, 1.807) is 11.6 Å². The Balaban J connectivity index is 2.35. The molecule has 1 heterocycles. The van der Waals surface area contributed by atoms with E-state index in [2.05, 4.69) is 15.7 Å². The highest BCUT2D eigenvalue weighted by atomic mass is 32.1. The SMILES string of the molecule is CCCNC(=S)Nc1c(C(=O)OCC)cnn1-c1ccccc1. The zero-order valence-corrected chi connectivity index (χ0v) is 14.0. The van der Waals surface area contributed by atoms with E-state index in [-0.39, 0.29) is 0 Å². The fraction of sp³-hybridized carbons (Fsp3) is 0.312. The molecule has 0 saturated heterocycles. The first-order valence-corrected chi connectivity index (χ1v) is 7.93. The standard InChI is InChI=1S/C16H20N4O2S/c1-3-10-17-16(23)19-14-13(15(21)22-4-2)11-18-20(14)12-8-6-5-7-9-12/h5-9,11H,3-4,10H2,1-2H3,(H2,17,19,23). The van der Waals surface area contributed by atoms with Crippen molar-refractivity contribution in [3.8, 4) is 5.69 Å². The lowest BCUT2D eigenvalue weighted by Gasteiger charge is -2.13. The molecule has 0 aliphatic rings. The quantitative estimate of drug-likeness (QED) is 0.626. The second kappa shape index (κ2) is 8.28. The van der Waals surface area contributed by atoms with Crippen molar-refractivity contribution in [3.05, 3.63) is 42.1 Å². The van der Waals surface area contributed by atoms with Crippen molar-refractivity contribution in [1.29, 1.82) is 0 Å². The van der Waals surface area contributed by atoms with Gasteiger partial charge in [0.2, 0.25) is 0 Å². The van der Waals surface area contributed by atoms with Crippen LogP contribution in [0.5, 0.6) is 0 Å². The maximum absolute atomic E-state index is 12.1. The lowest BCUT2D eigenvalue weighted by molar-refractivity contribution is 0.0527. The van der Waals surface area contributed by atoms with Crippen LogP contribution in [0.3, 0.4) is 0 Å². The molecule has 0 unspecified atom stereocenters. The number of nitrogens with one attached hydrogen (secondary N) is 2. The Labute approximate surface area is 140 Å². The van der Waals surface area contributed by atoms with Crippen LogP contribution in [0.25, 0.3) is 5.69 Å². The first-order chi connectivity index (χ1) is 11.2. The van der Waals surface area contributed by atoms with E-state index in [1.807, 2.05) is 37.3 Å². The van der Waals surface area contributed by atoms with Gasteiger partial charge in [-0.2, -0.15) is 5.10 Å². The van der Waals surface area contributed by atoms with Gasteiger partial charge in [-0.15, -0.1) is 0 Å². The summed E-state index contributed by atoms with van der Waals surface area (Å²) in [6.45, 7) is 4.86. The number of para-hydroxylation sites is 1. The Hall–Kier alpha value is -2.41. The molecule has 6 nitrogen and oxygen atoms in total. The van der Waals surface area contributed by atoms with Crippen molar-refractivity contribution in [2.75, 3.05) is 18.5 Å². The molecule has 1 aromatic carbocycles. The number of benzene rings is 1. The van der Waals surface area contributed by atoms with Gasteiger partial charge in [-0.05, 0) is 37.7 Å². The van der Waals surface area contributed by atoms with E-state index in [0.29, 0.717) is 23.1 Å². The molecule has 2 rings (SSSR count). The monoisotopic (exact) mass is 332 g/mol. The number of rotatable bonds is 6. The van der Waals surface area contributed by atoms with E-state index < -0.39 is 5.97 Å². The Morgan fingerprint density at radius 3 is 2.70 bits per heavy atom. The normalized spacial score (nSPS) is 10.2. The first kappa shape index (κ1) is 17.0. The van der Waals surface area contributed by atoms with Crippen LogP contribution >= 0.6 is 12.2 Å². The van der Waals surface area contributed by atoms with Crippen LogP contribution in [0, 0.1) is 0 Å². The molecule has 0 atom stereocenters. The third kappa shape index (κ3) is 4.29. The number of ether oxygens (including phenoxy) is 1. The van der Waals surface area contributed by atoms with E-state index in [0.717, 1.165) is 18.7 Å². The van der Waals surface area contributed by atoms with Crippen LogP contribution < -0.4 is 10.6 Å². The van der Waals surface area contributed by atoms with Crippen LogP contribution in [0.2, 0.25) is 0 Å². The van der Waals surface area contributed by atoms with Crippen molar-refractivity contribution in [1.82, 2.24) is 15.1 Å². The van der Waals surface area contributed by atoms with Gasteiger partial charge in [0.15, 0.2) is 10.9 Å². The Bertz CT molecular complexity index is 670. The molecule has 7 heteroatoms. The largest absolute Gasteiger partial charge is 0.462 e. The van der Waals surface area contributed by atoms with Gasteiger partial charge in [-0.3, -0.25) is 0 Å². The van der Waals surface area contributed by atoms with Crippen LogP contribution in [-0.4, -0.2) is 34.0 Å². The predicted octanol–water partition coefficient (Wildman–Crippen LogP) is 2.75. The van der Waals surface area contributed by atoms with Gasteiger partial charge in [0.25, 0.3) is 0 Å². The highest BCUT2D eigenvalue weighted by Crippen LogP contribution is 2.21. The fourth-order valence-electron chi connectivity index (χ4n) is 1.98. The fourth-order valence-corrected chi connectivity index (χ4v) is 2.18. The lowest BCUT2D eigenvalue weighted by Crippen LogP contribution is -2.30. The van der Waals surface area contributed by atoms with Gasteiger partial charge >= 0.3 is 5.97 Å². The topological polar surface area (TPSA) is 68.2 Å². The number of hydrogen-bond acceptors (Lipinski definition) is 4. The number of thiocarbonyl (C=S) groups is 1. The van der Waals surface area contributed by atoms with Crippen LogP contribution in [0.1, 0.15) is 30.6 Å². The van der Waals surface area contributed by atoms with Gasteiger partial charge in [0.05, 0.1) is 18.5 Å². The number of carbonyl (C=O) groups is 1. The van der Waals surface area contributed by atoms with Crippen LogP contribution in [-0.2, 0) is 4.74 Å². The summed E-state index contributed by atoms with van der Waals surface area (Å²) in [4.78, 5) is 12.1. The van der Waals surface area contributed by atoms with Crippen molar-refractivity contribution >= 4 is 29.1 Å². The van der Waals surface area contributed by atoms with Gasteiger partial charge < -0.3 is 15.4 Å². The van der Waals surface area contributed by atoms with Gasteiger partial charge in [0.1, 0.15) is 5.56 Å². The van der Waals surface area contributed by atoms with Gasteiger partial charge in [0, 0.05) is 6.54 Å². The second-order valence-electron chi connectivity index (χ2n) is 4.76. The zero-order chi connectivity index (χ0) is 16.7. The van der Waals surface area contributed by atoms with Crippen molar-refractivity contribution in [3.63, 3.8) is 0 Å². The molecular formula is C16H20N4O2S. The van der Waals surface area contributed by atoms with Crippen molar-refractivity contribution in [2.24, 2.45) is 0 Å². The van der Waals surface area contributed by atoms with Gasteiger partial charge in [-0.1, -0.05) is 25.1 Å². The molecule has 0 saturated carbocycles. The summed E-state index contributed by atoms with van der Waals surface area (Å²) < 4.78 is 6.72. The molecule has 122 valence electrons.